The van der Waals surface area contributed by atoms with Crippen molar-refractivity contribution < 1.29 is 14.3 Å². The van der Waals surface area contributed by atoms with Crippen molar-refractivity contribution in [1.82, 2.24) is 9.88 Å². The zero-order valence-electron chi connectivity index (χ0n) is 15.1. The van der Waals surface area contributed by atoms with E-state index in [0.717, 1.165) is 5.56 Å². The van der Waals surface area contributed by atoms with E-state index >= 15 is 0 Å². The summed E-state index contributed by atoms with van der Waals surface area (Å²) in [6, 6.07) is 10.7. The Morgan fingerprint density at radius 3 is 2.43 bits per heavy atom. The van der Waals surface area contributed by atoms with Gasteiger partial charge in [-0.05, 0) is 11.6 Å². The van der Waals surface area contributed by atoms with E-state index in [1.165, 1.54) is 0 Å². The molecule has 1 saturated heterocycles. The minimum Gasteiger partial charge on any atom is -0.441 e. The number of hydrogen-bond acceptors (Lipinski definition) is 5. The summed E-state index contributed by atoms with van der Waals surface area (Å²) in [6.07, 6.45) is -0.0368. The predicted octanol–water partition coefficient (Wildman–Crippen LogP) is 3.26. The zero-order chi connectivity index (χ0) is 20.1. The molecule has 0 bridgehead atoms. The molecule has 2 heterocycles. The number of amides is 2. The number of carbonyl (C=O) groups is 2. The third-order valence-corrected chi connectivity index (χ3v) is 4.99. The Morgan fingerprint density at radius 1 is 1.14 bits per heavy atom. The number of rotatable bonds is 5. The Morgan fingerprint density at radius 2 is 1.82 bits per heavy atom. The van der Waals surface area contributed by atoms with Gasteiger partial charge >= 0.3 is 6.09 Å². The molecule has 1 atom stereocenters. The fourth-order valence-corrected chi connectivity index (χ4v) is 3.63. The summed E-state index contributed by atoms with van der Waals surface area (Å²) < 4.78 is 5.16. The molecule has 1 fully saturated rings. The van der Waals surface area contributed by atoms with Gasteiger partial charge in [-0.15, -0.1) is 0 Å². The fraction of sp³-hybridized carbons (Fsp3) is 0.316. The summed E-state index contributed by atoms with van der Waals surface area (Å²) in [6.45, 7) is 2.20. The molecular formula is C19H20Cl2N4O3. The Bertz CT molecular complexity index is 842. The average molecular weight is 423 g/mol. The Labute approximate surface area is 173 Å². The van der Waals surface area contributed by atoms with Gasteiger partial charge in [-0.1, -0.05) is 53.5 Å². The highest BCUT2D eigenvalue weighted by Crippen LogP contribution is 2.27. The fourth-order valence-electron chi connectivity index (χ4n) is 3.13. The van der Waals surface area contributed by atoms with Crippen LogP contribution in [0.25, 0.3) is 0 Å². The molecule has 0 spiro atoms. The van der Waals surface area contributed by atoms with Gasteiger partial charge < -0.3 is 20.3 Å². The molecule has 1 aromatic carbocycles. The summed E-state index contributed by atoms with van der Waals surface area (Å²) in [4.78, 5) is 32.0. The van der Waals surface area contributed by atoms with Gasteiger partial charge in [-0.2, -0.15) is 0 Å². The van der Waals surface area contributed by atoms with Gasteiger partial charge in [0.1, 0.15) is 11.9 Å². The zero-order valence-corrected chi connectivity index (χ0v) is 16.6. The smallest absolute Gasteiger partial charge is 0.405 e. The largest absolute Gasteiger partial charge is 0.441 e. The number of nitrogens with zero attached hydrogens (tertiary/aromatic N) is 3. The molecule has 7 nitrogen and oxygen atoms in total. The lowest BCUT2D eigenvalue weighted by atomic mass is 10.1. The number of benzene rings is 1. The van der Waals surface area contributed by atoms with E-state index in [1.54, 1.807) is 29.3 Å². The van der Waals surface area contributed by atoms with Crippen LogP contribution in [0.2, 0.25) is 10.0 Å². The van der Waals surface area contributed by atoms with Crippen molar-refractivity contribution in [2.45, 2.75) is 12.5 Å². The van der Waals surface area contributed by atoms with Gasteiger partial charge in [0.2, 0.25) is 5.91 Å². The molecule has 1 aromatic heterocycles. The van der Waals surface area contributed by atoms with Gasteiger partial charge in [0.05, 0.1) is 16.5 Å². The van der Waals surface area contributed by atoms with Crippen molar-refractivity contribution in [3.63, 3.8) is 0 Å². The van der Waals surface area contributed by atoms with Gasteiger partial charge in [-0.3, -0.25) is 4.79 Å². The van der Waals surface area contributed by atoms with Crippen molar-refractivity contribution in [3.8, 4) is 0 Å². The van der Waals surface area contributed by atoms with Gasteiger partial charge in [0.15, 0.2) is 0 Å². The molecule has 1 aliphatic rings. The molecule has 1 unspecified atom stereocenters. The summed E-state index contributed by atoms with van der Waals surface area (Å²) in [5.41, 5.74) is 5.90. The van der Waals surface area contributed by atoms with Crippen molar-refractivity contribution in [2.24, 2.45) is 5.73 Å². The number of halogens is 2. The topological polar surface area (TPSA) is 88.8 Å². The first-order valence-corrected chi connectivity index (χ1v) is 9.54. The summed E-state index contributed by atoms with van der Waals surface area (Å²) in [5.74, 6) is 0.544. The lowest BCUT2D eigenvalue weighted by Crippen LogP contribution is -2.49. The number of carbonyl (C=O) groups excluding carboxylic acids is 2. The molecule has 0 radical (unpaired) electrons. The highest BCUT2D eigenvalue weighted by Gasteiger charge is 2.27. The second kappa shape index (κ2) is 9.12. The molecule has 9 heteroatoms. The number of ether oxygens (including phenoxy) is 1. The van der Waals surface area contributed by atoms with Crippen LogP contribution < -0.4 is 10.6 Å². The molecule has 148 valence electrons. The summed E-state index contributed by atoms with van der Waals surface area (Å²) in [5, 5.41) is 0.954. The molecule has 3 rings (SSSR count). The molecule has 28 heavy (non-hydrogen) atoms. The summed E-state index contributed by atoms with van der Waals surface area (Å²) >= 11 is 12.1. The number of hydrogen-bond donors (Lipinski definition) is 1. The maximum atomic E-state index is 12.7. The Kier molecular flexibility index (Phi) is 6.59. The second-order valence-corrected chi connectivity index (χ2v) is 7.21. The monoisotopic (exact) mass is 422 g/mol. The normalized spacial score (nSPS) is 15.2. The molecule has 2 N–H and O–H groups in total. The van der Waals surface area contributed by atoms with E-state index in [9.17, 15) is 9.59 Å². The highest BCUT2D eigenvalue weighted by molar-refractivity contribution is 6.36. The van der Waals surface area contributed by atoms with E-state index in [1.807, 2.05) is 23.1 Å². The molecular weight excluding hydrogens is 403 g/mol. The van der Waals surface area contributed by atoms with Crippen LogP contribution in [0, 0.1) is 0 Å². The van der Waals surface area contributed by atoms with E-state index in [0.29, 0.717) is 42.0 Å². The van der Waals surface area contributed by atoms with E-state index in [2.05, 4.69) is 4.98 Å². The van der Waals surface area contributed by atoms with Gasteiger partial charge in [0, 0.05) is 32.4 Å². The van der Waals surface area contributed by atoms with Crippen molar-refractivity contribution in [1.29, 1.82) is 0 Å². The predicted molar refractivity (Wildman–Crippen MR) is 108 cm³/mol. The van der Waals surface area contributed by atoms with Crippen molar-refractivity contribution >= 4 is 41.0 Å². The van der Waals surface area contributed by atoms with Gasteiger partial charge in [-0.25, -0.2) is 9.78 Å². The first kappa shape index (κ1) is 20.2. The minimum atomic E-state index is -0.907. The molecule has 0 aliphatic carbocycles. The second-order valence-electron chi connectivity index (χ2n) is 6.37. The van der Waals surface area contributed by atoms with Crippen molar-refractivity contribution in [2.75, 3.05) is 31.1 Å². The minimum absolute atomic E-state index is 0.0346. The Hall–Kier alpha value is -2.51. The number of piperazine rings is 1. The van der Waals surface area contributed by atoms with E-state index < -0.39 is 12.2 Å². The van der Waals surface area contributed by atoms with E-state index in [-0.39, 0.29) is 12.3 Å². The number of primary amides is 1. The number of anilines is 1. The van der Waals surface area contributed by atoms with Crippen LogP contribution >= 0.6 is 23.2 Å². The lowest BCUT2D eigenvalue weighted by Gasteiger charge is -2.36. The number of aromatic nitrogens is 1. The maximum Gasteiger partial charge on any atom is 0.405 e. The van der Waals surface area contributed by atoms with Crippen LogP contribution in [0.3, 0.4) is 0 Å². The SMILES string of the molecule is NC(=O)OC(CC(=O)N1CCN(c2ncc(Cl)cc2Cl)CC1)c1ccccc1. The lowest BCUT2D eigenvalue weighted by molar-refractivity contribution is -0.133. The first-order valence-electron chi connectivity index (χ1n) is 8.79. The quantitative estimate of drug-likeness (QED) is 0.798. The van der Waals surface area contributed by atoms with Crippen molar-refractivity contribution in [3.05, 3.63) is 58.2 Å². The molecule has 0 saturated carbocycles. The number of pyridine rings is 1. The first-order chi connectivity index (χ1) is 13.4. The van der Waals surface area contributed by atoms with Crippen LogP contribution in [0.15, 0.2) is 42.6 Å². The van der Waals surface area contributed by atoms with Gasteiger partial charge in [0.25, 0.3) is 0 Å². The van der Waals surface area contributed by atoms with Crippen LogP contribution in [-0.2, 0) is 9.53 Å². The third kappa shape index (κ3) is 5.05. The Balaban J connectivity index is 1.61. The van der Waals surface area contributed by atoms with Crippen LogP contribution in [0.1, 0.15) is 18.1 Å². The van der Waals surface area contributed by atoms with E-state index in [4.69, 9.17) is 33.7 Å². The standard InChI is InChI=1S/C19H20Cl2N4O3/c20-14-10-15(21)18(23-12-14)25-8-6-24(7-9-25)17(26)11-16(28-19(22)27)13-4-2-1-3-5-13/h1-5,10,12,16H,6-9,11H2,(H2,22,27). The van der Waals surface area contributed by atoms with Crippen LogP contribution in [0.4, 0.5) is 10.6 Å². The average Bonchev–Trinajstić information content (AvgIpc) is 2.68. The molecule has 2 amide bonds. The molecule has 1 aliphatic heterocycles. The summed E-state index contributed by atoms with van der Waals surface area (Å²) in [7, 11) is 0. The van der Waals surface area contributed by atoms with Crippen LogP contribution in [0.5, 0.6) is 0 Å². The van der Waals surface area contributed by atoms with Crippen LogP contribution in [-0.4, -0.2) is 48.1 Å². The maximum absolute atomic E-state index is 12.7. The molecule has 2 aromatic rings. The number of nitrogens with two attached hydrogens (primary N) is 1. The third-order valence-electron chi connectivity index (χ3n) is 4.51. The highest BCUT2D eigenvalue weighted by atomic mass is 35.5.